The summed E-state index contributed by atoms with van der Waals surface area (Å²) >= 11 is 0. The third kappa shape index (κ3) is 6.81. The quantitative estimate of drug-likeness (QED) is 0.413. The van der Waals surface area contributed by atoms with E-state index in [1.54, 1.807) is 0 Å². The molecule has 2 amide bonds. The SMILES string of the molecule is CCC[C@H](CC(=O)O)NC(=O)CCCCNC(=O)OCC1c2ccccc2-c2ccccc21. The van der Waals surface area contributed by atoms with Crippen molar-refractivity contribution in [2.75, 3.05) is 13.2 Å². The fraction of sp³-hybridized carbons (Fsp3) is 0.423. The number of unbranched alkanes of at least 4 members (excludes halogenated alkanes) is 1. The number of alkyl carbamates (subject to hydrolysis) is 1. The third-order valence-electron chi connectivity index (χ3n) is 5.87. The molecule has 7 nitrogen and oxygen atoms in total. The number of hydrogen-bond donors (Lipinski definition) is 3. The van der Waals surface area contributed by atoms with E-state index in [1.165, 1.54) is 22.3 Å². The van der Waals surface area contributed by atoms with E-state index >= 15 is 0 Å². The second-order valence-corrected chi connectivity index (χ2v) is 8.36. The van der Waals surface area contributed by atoms with Crippen molar-refractivity contribution in [2.24, 2.45) is 0 Å². The number of carbonyl (C=O) groups excluding carboxylic acids is 2. The second kappa shape index (κ2) is 12.0. The zero-order valence-electron chi connectivity index (χ0n) is 19.0. The molecule has 2 aromatic rings. The molecule has 3 rings (SSSR count). The van der Waals surface area contributed by atoms with Crippen molar-refractivity contribution in [2.45, 2.75) is 57.4 Å². The minimum atomic E-state index is -0.916. The van der Waals surface area contributed by atoms with E-state index in [-0.39, 0.29) is 30.9 Å². The van der Waals surface area contributed by atoms with E-state index in [0.29, 0.717) is 32.2 Å². The normalized spacial score (nSPS) is 13.0. The molecule has 1 aliphatic rings. The Morgan fingerprint density at radius 1 is 1.00 bits per heavy atom. The van der Waals surface area contributed by atoms with Crippen molar-refractivity contribution in [3.63, 3.8) is 0 Å². The van der Waals surface area contributed by atoms with E-state index in [2.05, 4.69) is 34.9 Å². The smallest absolute Gasteiger partial charge is 0.407 e. The maximum atomic E-state index is 12.2. The predicted octanol–water partition coefficient (Wildman–Crippen LogP) is 4.46. The lowest BCUT2D eigenvalue weighted by atomic mass is 9.98. The Morgan fingerprint density at radius 2 is 1.64 bits per heavy atom. The van der Waals surface area contributed by atoms with Crippen LogP contribution in [0.15, 0.2) is 48.5 Å². The number of nitrogens with one attached hydrogen (secondary N) is 2. The Labute approximate surface area is 194 Å². The number of rotatable bonds is 12. The number of amides is 2. The first-order valence-electron chi connectivity index (χ1n) is 11.6. The molecule has 7 heteroatoms. The lowest BCUT2D eigenvalue weighted by Gasteiger charge is -2.16. The largest absolute Gasteiger partial charge is 0.481 e. The van der Waals surface area contributed by atoms with Crippen LogP contribution in [0.5, 0.6) is 0 Å². The summed E-state index contributed by atoms with van der Waals surface area (Å²) in [5.41, 5.74) is 4.71. The molecule has 0 aromatic heterocycles. The van der Waals surface area contributed by atoms with Crippen molar-refractivity contribution in [1.82, 2.24) is 10.6 Å². The molecule has 33 heavy (non-hydrogen) atoms. The summed E-state index contributed by atoms with van der Waals surface area (Å²) in [6.07, 6.45) is 2.45. The summed E-state index contributed by atoms with van der Waals surface area (Å²) in [7, 11) is 0. The molecule has 0 saturated heterocycles. The molecule has 1 atom stereocenters. The van der Waals surface area contributed by atoms with Gasteiger partial charge in [-0.3, -0.25) is 9.59 Å². The molecule has 0 bridgehead atoms. The van der Waals surface area contributed by atoms with Gasteiger partial charge < -0.3 is 20.5 Å². The number of carboxylic acids is 1. The summed E-state index contributed by atoms with van der Waals surface area (Å²) in [5.74, 6) is -1.05. The maximum Gasteiger partial charge on any atom is 0.407 e. The van der Waals surface area contributed by atoms with Gasteiger partial charge in [0.15, 0.2) is 0 Å². The zero-order valence-corrected chi connectivity index (χ0v) is 19.0. The molecule has 0 fully saturated rings. The van der Waals surface area contributed by atoms with Gasteiger partial charge in [0, 0.05) is 24.9 Å². The first-order valence-corrected chi connectivity index (χ1v) is 11.6. The number of aliphatic carboxylic acids is 1. The average molecular weight is 453 g/mol. The van der Waals surface area contributed by atoms with E-state index in [1.807, 2.05) is 31.2 Å². The summed E-state index contributed by atoms with van der Waals surface area (Å²) in [6.45, 7) is 2.64. The van der Waals surface area contributed by atoms with Crippen molar-refractivity contribution in [3.8, 4) is 11.1 Å². The lowest BCUT2D eigenvalue weighted by Crippen LogP contribution is -2.36. The molecule has 0 aliphatic heterocycles. The number of hydrogen-bond acceptors (Lipinski definition) is 4. The Morgan fingerprint density at radius 3 is 2.24 bits per heavy atom. The lowest BCUT2D eigenvalue weighted by molar-refractivity contribution is -0.137. The van der Waals surface area contributed by atoms with Crippen LogP contribution in [0.1, 0.15) is 62.5 Å². The molecular formula is C26H32N2O5. The highest BCUT2D eigenvalue weighted by molar-refractivity contribution is 5.79. The minimum Gasteiger partial charge on any atom is -0.481 e. The number of carbonyl (C=O) groups is 3. The molecule has 2 aromatic carbocycles. The molecule has 0 saturated carbocycles. The Balaban J connectivity index is 1.36. The van der Waals surface area contributed by atoms with Gasteiger partial charge in [-0.25, -0.2) is 4.79 Å². The zero-order chi connectivity index (χ0) is 23.6. The maximum absolute atomic E-state index is 12.2. The molecule has 0 radical (unpaired) electrons. The number of benzene rings is 2. The van der Waals surface area contributed by atoms with E-state index in [9.17, 15) is 14.4 Å². The number of fused-ring (bicyclic) bond motifs is 3. The predicted molar refractivity (Wildman–Crippen MR) is 126 cm³/mol. The molecular weight excluding hydrogens is 420 g/mol. The van der Waals surface area contributed by atoms with Crippen molar-refractivity contribution < 1.29 is 24.2 Å². The molecule has 0 spiro atoms. The molecule has 0 heterocycles. The summed E-state index contributed by atoms with van der Waals surface area (Å²) < 4.78 is 5.50. The van der Waals surface area contributed by atoms with Crippen LogP contribution >= 0.6 is 0 Å². The molecule has 1 aliphatic carbocycles. The van der Waals surface area contributed by atoms with E-state index in [0.717, 1.165) is 6.42 Å². The highest BCUT2D eigenvalue weighted by atomic mass is 16.5. The van der Waals surface area contributed by atoms with Gasteiger partial charge in [-0.2, -0.15) is 0 Å². The van der Waals surface area contributed by atoms with Gasteiger partial charge in [-0.05, 0) is 41.5 Å². The summed E-state index contributed by atoms with van der Waals surface area (Å²) in [5, 5.41) is 14.5. The highest BCUT2D eigenvalue weighted by Crippen LogP contribution is 2.44. The van der Waals surface area contributed by atoms with Gasteiger partial charge in [0.1, 0.15) is 6.61 Å². The number of ether oxygens (including phenoxy) is 1. The summed E-state index contributed by atoms with van der Waals surface area (Å²) in [4.78, 5) is 35.1. The van der Waals surface area contributed by atoms with Crippen molar-refractivity contribution >= 4 is 18.0 Å². The van der Waals surface area contributed by atoms with Gasteiger partial charge in [-0.1, -0.05) is 61.9 Å². The van der Waals surface area contributed by atoms with Gasteiger partial charge in [0.25, 0.3) is 0 Å². The Bertz CT molecular complexity index is 929. The van der Waals surface area contributed by atoms with Gasteiger partial charge in [0.05, 0.1) is 6.42 Å². The first kappa shape index (κ1) is 24.3. The average Bonchev–Trinajstić information content (AvgIpc) is 3.11. The topological polar surface area (TPSA) is 105 Å². The fourth-order valence-corrected chi connectivity index (χ4v) is 4.33. The Hall–Kier alpha value is -3.35. The van der Waals surface area contributed by atoms with Crippen LogP contribution in [0.4, 0.5) is 4.79 Å². The molecule has 176 valence electrons. The molecule has 0 unspecified atom stereocenters. The number of carboxylic acid groups (broad SMARTS) is 1. The van der Waals surface area contributed by atoms with Crippen LogP contribution in [-0.4, -0.2) is 42.3 Å². The van der Waals surface area contributed by atoms with Crippen molar-refractivity contribution in [1.29, 1.82) is 0 Å². The molecule has 3 N–H and O–H groups in total. The second-order valence-electron chi connectivity index (χ2n) is 8.36. The summed E-state index contributed by atoms with van der Waals surface area (Å²) in [6, 6.07) is 16.0. The van der Waals surface area contributed by atoms with Gasteiger partial charge in [0.2, 0.25) is 5.91 Å². The van der Waals surface area contributed by atoms with Crippen LogP contribution < -0.4 is 10.6 Å². The fourth-order valence-electron chi connectivity index (χ4n) is 4.33. The monoisotopic (exact) mass is 452 g/mol. The van der Waals surface area contributed by atoms with Crippen LogP contribution in [-0.2, 0) is 14.3 Å². The van der Waals surface area contributed by atoms with Crippen molar-refractivity contribution in [3.05, 3.63) is 59.7 Å². The minimum absolute atomic E-state index is 0.0220. The third-order valence-corrected chi connectivity index (χ3v) is 5.87. The highest BCUT2D eigenvalue weighted by Gasteiger charge is 2.28. The van der Waals surface area contributed by atoms with E-state index < -0.39 is 12.1 Å². The van der Waals surface area contributed by atoms with E-state index in [4.69, 9.17) is 9.84 Å². The first-order chi connectivity index (χ1) is 16.0. The van der Waals surface area contributed by atoms with Crippen LogP contribution in [0, 0.1) is 0 Å². The standard InChI is InChI=1S/C26H32N2O5/c1-2-9-18(16-25(30)31)28-24(29)14-7-8-15-27-26(32)33-17-23-21-12-5-3-10-19(21)20-11-4-6-13-22(20)23/h3-6,10-13,18,23H,2,7-9,14-17H2,1H3,(H,27,32)(H,28,29)(H,30,31)/t18-/m1/s1. The van der Waals surface area contributed by atoms with Crippen LogP contribution in [0.2, 0.25) is 0 Å². The van der Waals surface area contributed by atoms with Gasteiger partial charge in [-0.15, -0.1) is 0 Å². The van der Waals surface area contributed by atoms with Gasteiger partial charge >= 0.3 is 12.1 Å². The van der Waals surface area contributed by atoms with Crippen LogP contribution in [0.25, 0.3) is 11.1 Å². The Kier molecular flexibility index (Phi) is 8.87. The van der Waals surface area contributed by atoms with Crippen LogP contribution in [0.3, 0.4) is 0 Å².